The lowest BCUT2D eigenvalue weighted by Crippen LogP contribution is -2.23. The molecular formula is C15H23Cl. The van der Waals surface area contributed by atoms with E-state index >= 15 is 0 Å². The van der Waals surface area contributed by atoms with Crippen molar-refractivity contribution in [2.24, 2.45) is 0 Å². The molecule has 0 spiro atoms. The second kappa shape index (κ2) is 4.41. The Hall–Kier alpha value is -0.490. The topological polar surface area (TPSA) is 0 Å². The summed E-state index contributed by atoms with van der Waals surface area (Å²) in [7, 11) is 0. The molecule has 1 aromatic rings. The summed E-state index contributed by atoms with van der Waals surface area (Å²) in [5.41, 5.74) is 3.15. The highest BCUT2D eigenvalue weighted by atomic mass is 35.5. The summed E-state index contributed by atoms with van der Waals surface area (Å²) >= 11 is 6.12. The average Bonchev–Trinajstić information content (AvgIpc) is 2.16. The quantitative estimate of drug-likeness (QED) is 0.654. The Morgan fingerprint density at radius 2 is 1.56 bits per heavy atom. The molecule has 0 aliphatic carbocycles. The van der Waals surface area contributed by atoms with Crippen molar-refractivity contribution >= 4 is 11.6 Å². The number of rotatable bonds is 2. The Balaban J connectivity index is 3.40. The van der Waals surface area contributed by atoms with Crippen LogP contribution in [-0.4, -0.2) is 0 Å². The second-order valence-corrected chi connectivity index (χ2v) is 6.61. The molecular weight excluding hydrogens is 216 g/mol. The van der Waals surface area contributed by atoms with Gasteiger partial charge in [-0.1, -0.05) is 59.2 Å². The van der Waals surface area contributed by atoms with E-state index in [2.05, 4.69) is 53.7 Å². The van der Waals surface area contributed by atoms with Crippen LogP contribution in [0.4, 0.5) is 0 Å². The van der Waals surface area contributed by atoms with Crippen LogP contribution < -0.4 is 0 Å². The summed E-state index contributed by atoms with van der Waals surface area (Å²) in [5.74, 6) is 0. The molecule has 0 radical (unpaired) electrons. The molecule has 16 heavy (non-hydrogen) atoms. The van der Waals surface area contributed by atoms with Crippen LogP contribution in [0.25, 0.3) is 0 Å². The average molecular weight is 239 g/mol. The first-order valence-electron chi connectivity index (χ1n) is 5.99. The summed E-state index contributed by atoms with van der Waals surface area (Å²) < 4.78 is 0. The highest BCUT2D eigenvalue weighted by molar-refractivity contribution is 6.30. The van der Waals surface area contributed by atoms with Crippen LogP contribution in [-0.2, 0) is 10.8 Å². The number of hydrogen-bond acceptors (Lipinski definition) is 0. The van der Waals surface area contributed by atoms with Gasteiger partial charge < -0.3 is 0 Å². The number of halogens is 1. The van der Waals surface area contributed by atoms with Gasteiger partial charge in [-0.3, -0.25) is 0 Å². The zero-order valence-electron chi connectivity index (χ0n) is 11.3. The van der Waals surface area contributed by atoms with Crippen LogP contribution in [0.2, 0.25) is 5.02 Å². The third-order valence-electron chi connectivity index (χ3n) is 3.40. The fourth-order valence-corrected chi connectivity index (χ4v) is 2.09. The predicted molar refractivity (Wildman–Crippen MR) is 73.5 cm³/mol. The Kier molecular flexibility index (Phi) is 3.74. The zero-order valence-corrected chi connectivity index (χ0v) is 12.1. The fraction of sp³-hybridized carbons (Fsp3) is 0.600. The molecule has 0 atom stereocenters. The van der Waals surface area contributed by atoms with Crippen molar-refractivity contribution in [1.82, 2.24) is 0 Å². The van der Waals surface area contributed by atoms with Gasteiger partial charge in [0.15, 0.2) is 0 Å². The van der Waals surface area contributed by atoms with Gasteiger partial charge in [0.25, 0.3) is 0 Å². The van der Waals surface area contributed by atoms with Crippen molar-refractivity contribution in [3.63, 3.8) is 0 Å². The Bertz CT molecular complexity index is 370. The van der Waals surface area contributed by atoms with Crippen LogP contribution in [0, 0.1) is 0 Å². The van der Waals surface area contributed by atoms with Crippen molar-refractivity contribution in [2.45, 2.75) is 58.8 Å². The molecule has 0 bridgehead atoms. The highest BCUT2D eigenvalue weighted by Crippen LogP contribution is 2.37. The van der Waals surface area contributed by atoms with E-state index in [9.17, 15) is 0 Å². The van der Waals surface area contributed by atoms with Gasteiger partial charge in [-0.05, 0) is 40.5 Å². The molecule has 0 N–H and O–H groups in total. The first-order valence-corrected chi connectivity index (χ1v) is 6.37. The molecule has 90 valence electrons. The van der Waals surface area contributed by atoms with Gasteiger partial charge in [0.2, 0.25) is 0 Å². The Morgan fingerprint density at radius 1 is 1.00 bits per heavy atom. The van der Waals surface area contributed by atoms with Crippen molar-refractivity contribution in [3.8, 4) is 0 Å². The normalized spacial score (nSPS) is 12.9. The van der Waals surface area contributed by atoms with E-state index in [1.165, 1.54) is 11.1 Å². The third kappa shape index (κ3) is 2.79. The van der Waals surface area contributed by atoms with Crippen molar-refractivity contribution < 1.29 is 0 Å². The Morgan fingerprint density at radius 3 is 2.00 bits per heavy atom. The van der Waals surface area contributed by atoms with E-state index in [1.54, 1.807) is 0 Å². The summed E-state index contributed by atoms with van der Waals surface area (Å²) in [4.78, 5) is 0. The van der Waals surface area contributed by atoms with Crippen molar-refractivity contribution in [1.29, 1.82) is 0 Å². The lowest BCUT2D eigenvalue weighted by molar-refractivity contribution is 0.479. The van der Waals surface area contributed by atoms with Gasteiger partial charge >= 0.3 is 0 Å². The van der Waals surface area contributed by atoms with Crippen LogP contribution in [0.1, 0.15) is 59.1 Å². The maximum absolute atomic E-state index is 6.12. The molecule has 0 aliphatic heterocycles. The maximum Gasteiger partial charge on any atom is 0.0409 e. The lowest BCUT2D eigenvalue weighted by Gasteiger charge is -2.32. The van der Waals surface area contributed by atoms with Crippen molar-refractivity contribution in [3.05, 3.63) is 34.3 Å². The summed E-state index contributed by atoms with van der Waals surface area (Å²) in [6.45, 7) is 13.6. The van der Waals surface area contributed by atoms with E-state index in [-0.39, 0.29) is 10.8 Å². The molecule has 0 aliphatic rings. The van der Waals surface area contributed by atoms with Gasteiger partial charge in [0.1, 0.15) is 0 Å². The minimum atomic E-state index is 0.146. The lowest BCUT2D eigenvalue weighted by atomic mass is 9.73. The minimum Gasteiger partial charge on any atom is -0.0843 e. The first kappa shape index (κ1) is 13.6. The van der Waals surface area contributed by atoms with Crippen LogP contribution in [0.5, 0.6) is 0 Å². The zero-order chi connectivity index (χ0) is 12.6. The first-order chi connectivity index (χ1) is 7.18. The smallest absolute Gasteiger partial charge is 0.0409 e. The molecule has 0 aromatic heterocycles. The van der Waals surface area contributed by atoms with E-state index in [0.29, 0.717) is 0 Å². The maximum atomic E-state index is 6.12. The van der Waals surface area contributed by atoms with Gasteiger partial charge in [-0.15, -0.1) is 0 Å². The van der Waals surface area contributed by atoms with Crippen LogP contribution in [0.3, 0.4) is 0 Å². The van der Waals surface area contributed by atoms with E-state index in [0.717, 1.165) is 11.4 Å². The third-order valence-corrected chi connectivity index (χ3v) is 3.64. The monoisotopic (exact) mass is 238 g/mol. The van der Waals surface area contributed by atoms with Gasteiger partial charge in [-0.25, -0.2) is 0 Å². The SMILES string of the molecule is CCC(C)(C)c1ccc(Cl)cc1C(C)(C)C. The predicted octanol–water partition coefficient (Wildman–Crippen LogP) is 5.33. The van der Waals surface area contributed by atoms with E-state index in [4.69, 9.17) is 11.6 Å². The second-order valence-electron chi connectivity index (χ2n) is 6.18. The summed E-state index contributed by atoms with van der Waals surface area (Å²) in [6, 6.07) is 6.31. The molecule has 0 heterocycles. The van der Waals surface area contributed by atoms with Gasteiger partial charge in [0.05, 0.1) is 0 Å². The van der Waals surface area contributed by atoms with E-state index in [1.807, 2.05) is 6.07 Å². The van der Waals surface area contributed by atoms with Gasteiger partial charge in [-0.2, -0.15) is 0 Å². The molecule has 0 nitrogen and oxygen atoms in total. The van der Waals surface area contributed by atoms with Gasteiger partial charge in [0, 0.05) is 5.02 Å². The molecule has 0 fully saturated rings. The summed E-state index contributed by atoms with van der Waals surface area (Å²) in [6.07, 6.45) is 1.14. The molecule has 0 saturated carbocycles. The number of benzene rings is 1. The molecule has 0 unspecified atom stereocenters. The molecule has 1 rings (SSSR count). The van der Waals surface area contributed by atoms with Crippen LogP contribution >= 0.6 is 11.6 Å². The fourth-order valence-electron chi connectivity index (χ4n) is 1.92. The van der Waals surface area contributed by atoms with E-state index < -0.39 is 0 Å². The molecule has 0 saturated heterocycles. The molecule has 1 aromatic carbocycles. The molecule has 1 heteroatoms. The highest BCUT2D eigenvalue weighted by Gasteiger charge is 2.26. The Labute approximate surface area is 105 Å². The number of hydrogen-bond donors (Lipinski definition) is 0. The minimum absolute atomic E-state index is 0.146. The summed E-state index contributed by atoms with van der Waals surface area (Å²) in [5, 5.41) is 0.834. The van der Waals surface area contributed by atoms with Crippen molar-refractivity contribution in [2.75, 3.05) is 0 Å². The standard InChI is InChI=1S/C15H23Cl/c1-7-15(5,6)12-9-8-11(16)10-13(12)14(2,3)4/h8-10H,7H2,1-6H3. The van der Waals surface area contributed by atoms with Crippen LogP contribution in [0.15, 0.2) is 18.2 Å². The largest absolute Gasteiger partial charge is 0.0843 e. The molecule has 0 amide bonds.